The second-order valence-corrected chi connectivity index (χ2v) is 7.75. The molecule has 4 nitrogen and oxygen atoms in total. The molecule has 1 saturated carbocycles. The third-order valence-corrected chi connectivity index (χ3v) is 4.71. The van der Waals surface area contributed by atoms with Crippen LogP contribution in [0.15, 0.2) is 11.6 Å². The smallest absolute Gasteiger partial charge is 0.410 e. The summed E-state index contributed by atoms with van der Waals surface area (Å²) < 4.78 is 5.42. The van der Waals surface area contributed by atoms with Crippen LogP contribution in [0.2, 0.25) is 0 Å². The fourth-order valence-electron chi connectivity index (χ4n) is 3.28. The molecular weight excluding hydrogens is 276 g/mol. The van der Waals surface area contributed by atoms with E-state index in [2.05, 4.69) is 18.3 Å². The quantitative estimate of drug-likeness (QED) is 0.805. The fourth-order valence-corrected chi connectivity index (χ4v) is 3.28. The first-order valence-electron chi connectivity index (χ1n) is 8.74. The lowest BCUT2D eigenvalue weighted by Crippen LogP contribution is -2.40. The van der Waals surface area contributed by atoms with Gasteiger partial charge in [-0.1, -0.05) is 24.5 Å². The van der Waals surface area contributed by atoms with E-state index < -0.39 is 5.60 Å². The van der Waals surface area contributed by atoms with Crippen LogP contribution in [0.5, 0.6) is 0 Å². The number of nitrogens with one attached hydrogen (secondary N) is 1. The number of rotatable bonds is 4. The zero-order valence-corrected chi connectivity index (χ0v) is 14.7. The summed E-state index contributed by atoms with van der Waals surface area (Å²) in [4.78, 5) is 13.8. The molecule has 22 heavy (non-hydrogen) atoms. The van der Waals surface area contributed by atoms with Gasteiger partial charge in [-0.2, -0.15) is 0 Å². The highest BCUT2D eigenvalue weighted by Crippen LogP contribution is 2.27. The third kappa shape index (κ3) is 5.31. The van der Waals surface area contributed by atoms with Gasteiger partial charge in [0.05, 0.1) is 0 Å². The minimum absolute atomic E-state index is 0.199. The summed E-state index contributed by atoms with van der Waals surface area (Å²) in [5.41, 5.74) is 1.00. The second kappa shape index (κ2) is 7.49. The van der Waals surface area contributed by atoms with Crippen molar-refractivity contribution < 1.29 is 9.53 Å². The predicted molar refractivity (Wildman–Crippen MR) is 89.9 cm³/mol. The van der Waals surface area contributed by atoms with Crippen LogP contribution in [0.1, 0.15) is 59.8 Å². The Morgan fingerprint density at radius 2 is 2.09 bits per heavy atom. The van der Waals surface area contributed by atoms with Crippen LogP contribution in [0.25, 0.3) is 0 Å². The van der Waals surface area contributed by atoms with E-state index >= 15 is 0 Å². The first kappa shape index (κ1) is 17.3. The first-order chi connectivity index (χ1) is 10.3. The van der Waals surface area contributed by atoms with E-state index in [9.17, 15) is 4.79 Å². The largest absolute Gasteiger partial charge is 0.444 e. The fraction of sp³-hybridized carbons (Fsp3) is 0.833. The van der Waals surface area contributed by atoms with Crippen molar-refractivity contribution >= 4 is 6.09 Å². The summed E-state index contributed by atoms with van der Waals surface area (Å²) in [7, 11) is 0. The van der Waals surface area contributed by atoms with Crippen molar-refractivity contribution in [3.63, 3.8) is 0 Å². The Kier molecular flexibility index (Phi) is 5.90. The molecule has 0 bridgehead atoms. The van der Waals surface area contributed by atoms with E-state index in [4.69, 9.17) is 4.74 Å². The highest BCUT2D eigenvalue weighted by atomic mass is 16.6. The van der Waals surface area contributed by atoms with Crippen molar-refractivity contribution in [2.24, 2.45) is 5.92 Å². The SMILES string of the molecule is CC(NCC1=CCN(C(=O)OC(C)(C)C)CC1)C1CCCC1. The van der Waals surface area contributed by atoms with Gasteiger partial charge in [-0.25, -0.2) is 4.79 Å². The van der Waals surface area contributed by atoms with Crippen LogP contribution in [-0.2, 0) is 4.74 Å². The Bertz CT molecular complexity index is 406. The third-order valence-electron chi connectivity index (χ3n) is 4.71. The topological polar surface area (TPSA) is 41.6 Å². The molecule has 2 aliphatic rings. The molecule has 4 heteroatoms. The van der Waals surface area contributed by atoms with Gasteiger partial charge in [0.2, 0.25) is 0 Å². The average Bonchev–Trinajstić information content (AvgIpc) is 2.97. The summed E-state index contributed by atoms with van der Waals surface area (Å²) in [6.45, 7) is 10.4. The molecule has 1 fully saturated rings. The Balaban J connectivity index is 1.73. The number of hydrogen-bond acceptors (Lipinski definition) is 3. The van der Waals surface area contributed by atoms with Crippen molar-refractivity contribution in [1.82, 2.24) is 10.2 Å². The van der Waals surface area contributed by atoms with Crippen molar-refractivity contribution in [2.75, 3.05) is 19.6 Å². The van der Waals surface area contributed by atoms with E-state index in [0.29, 0.717) is 12.6 Å². The number of amides is 1. The monoisotopic (exact) mass is 308 g/mol. The van der Waals surface area contributed by atoms with Crippen LogP contribution in [0.4, 0.5) is 4.79 Å². The normalized spacial score (nSPS) is 21.6. The Labute approximate surface area is 135 Å². The molecule has 1 heterocycles. The zero-order chi connectivity index (χ0) is 16.2. The van der Waals surface area contributed by atoms with E-state index in [1.165, 1.54) is 31.3 Å². The molecule has 2 rings (SSSR count). The van der Waals surface area contributed by atoms with Crippen LogP contribution in [0, 0.1) is 5.92 Å². The van der Waals surface area contributed by atoms with Crippen molar-refractivity contribution in [3.8, 4) is 0 Å². The van der Waals surface area contributed by atoms with Crippen LogP contribution < -0.4 is 5.32 Å². The first-order valence-corrected chi connectivity index (χ1v) is 8.74. The van der Waals surface area contributed by atoms with E-state index in [0.717, 1.165) is 25.4 Å². The molecule has 1 aliphatic carbocycles. The summed E-state index contributed by atoms with van der Waals surface area (Å²) in [5, 5.41) is 3.67. The maximum Gasteiger partial charge on any atom is 0.410 e. The number of carbonyl (C=O) groups is 1. The van der Waals surface area contributed by atoms with Gasteiger partial charge in [0, 0.05) is 25.7 Å². The van der Waals surface area contributed by atoms with Crippen molar-refractivity contribution in [3.05, 3.63) is 11.6 Å². The van der Waals surface area contributed by atoms with Gasteiger partial charge < -0.3 is 15.0 Å². The number of carbonyl (C=O) groups excluding carboxylic acids is 1. The number of ether oxygens (including phenoxy) is 1. The molecule has 1 aliphatic heterocycles. The molecule has 0 aromatic heterocycles. The predicted octanol–water partition coefficient (Wildman–Crippen LogP) is 3.72. The van der Waals surface area contributed by atoms with Crippen molar-refractivity contribution in [2.45, 2.75) is 71.4 Å². The molecule has 126 valence electrons. The Morgan fingerprint density at radius 1 is 1.41 bits per heavy atom. The Hall–Kier alpha value is -1.03. The van der Waals surface area contributed by atoms with Crippen molar-refractivity contribution in [1.29, 1.82) is 0 Å². The average molecular weight is 308 g/mol. The van der Waals surface area contributed by atoms with Gasteiger partial charge in [-0.3, -0.25) is 0 Å². The Morgan fingerprint density at radius 3 is 2.64 bits per heavy atom. The standard InChI is InChI=1S/C18H32N2O2/c1-14(16-7-5-6-8-16)19-13-15-9-11-20(12-10-15)17(21)22-18(2,3)4/h9,14,16,19H,5-8,10-13H2,1-4H3. The number of nitrogens with zero attached hydrogens (tertiary/aromatic N) is 1. The second-order valence-electron chi connectivity index (χ2n) is 7.75. The molecule has 0 saturated heterocycles. The van der Waals surface area contributed by atoms with Gasteiger partial charge in [0.1, 0.15) is 5.60 Å². The minimum atomic E-state index is -0.417. The maximum absolute atomic E-state index is 12.0. The lowest BCUT2D eigenvalue weighted by Gasteiger charge is -2.30. The highest BCUT2D eigenvalue weighted by molar-refractivity contribution is 5.68. The lowest BCUT2D eigenvalue weighted by molar-refractivity contribution is 0.0265. The molecule has 0 spiro atoms. The number of hydrogen-bond donors (Lipinski definition) is 1. The van der Waals surface area contributed by atoms with E-state index in [1.807, 2.05) is 20.8 Å². The van der Waals surface area contributed by atoms with Gasteiger partial charge in [0.25, 0.3) is 0 Å². The zero-order valence-electron chi connectivity index (χ0n) is 14.7. The van der Waals surface area contributed by atoms with Crippen LogP contribution in [-0.4, -0.2) is 42.3 Å². The van der Waals surface area contributed by atoms with Gasteiger partial charge in [0.15, 0.2) is 0 Å². The summed E-state index contributed by atoms with van der Waals surface area (Å²) >= 11 is 0. The molecular formula is C18H32N2O2. The van der Waals surface area contributed by atoms with E-state index in [-0.39, 0.29) is 6.09 Å². The lowest BCUT2D eigenvalue weighted by atomic mass is 9.99. The van der Waals surface area contributed by atoms with Crippen LogP contribution in [0.3, 0.4) is 0 Å². The maximum atomic E-state index is 12.0. The molecule has 1 unspecified atom stereocenters. The molecule has 0 radical (unpaired) electrons. The van der Waals surface area contributed by atoms with Gasteiger partial charge in [-0.05, 0) is 52.9 Å². The van der Waals surface area contributed by atoms with Gasteiger partial charge >= 0.3 is 6.09 Å². The van der Waals surface area contributed by atoms with Gasteiger partial charge in [-0.15, -0.1) is 0 Å². The molecule has 0 aromatic carbocycles. The van der Waals surface area contributed by atoms with Crippen LogP contribution >= 0.6 is 0 Å². The minimum Gasteiger partial charge on any atom is -0.444 e. The molecule has 1 atom stereocenters. The molecule has 1 N–H and O–H groups in total. The summed E-state index contributed by atoms with van der Waals surface area (Å²) in [5.74, 6) is 0.849. The summed E-state index contributed by atoms with van der Waals surface area (Å²) in [6, 6.07) is 0.604. The molecule has 0 aromatic rings. The highest BCUT2D eigenvalue weighted by Gasteiger charge is 2.24. The molecule has 1 amide bonds. The summed E-state index contributed by atoms with van der Waals surface area (Å²) in [6.07, 6.45) is 8.47. The van der Waals surface area contributed by atoms with E-state index in [1.54, 1.807) is 4.90 Å².